The summed E-state index contributed by atoms with van der Waals surface area (Å²) in [4.78, 5) is 0. The van der Waals surface area contributed by atoms with E-state index in [4.69, 9.17) is 12.2 Å². The van der Waals surface area contributed by atoms with Crippen LogP contribution in [0.4, 0.5) is 0 Å². The second kappa shape index (κ2) is 15.5. The average molecular weight is 439 g/mol. The largest absolute Gasteiger partial charge is 0.363 e. The molecule has 0 spiro atoms. The van der Waals surface area contributed by atoms with Crippen molar-refractivity contribution in [1.29, 1.82) is 0 Å². The summed E-state index contributed by atoms with van der Waals surface area (Å²) >= 11 is 5.69. The van der Waals surface area contributed by atoms with Crippen LogP contribution in [0.3, 0.4) is 0 Å². The van der Waals surface area contributed by atoms with E-state index in [1.165, 1.54) is 89.9 Å². The molecule has 3 heteroatoms. The first-order valence-electron chi connectivity index (χ1n) is 13.4. The van der Waals surface area contributed by atoms with Gasteiger partial charge in [0.05, 0.1) is 0 Å². The number of nitrogens with one attached hydrogen (secondary N) is 2. The molecule has 0 bridgehead atoms. The van der Waals surface area contributed by atoms with Crippen LogP contribution in [0.1, 0.15) is 131 Å². The fourth-order valence-corrected chi connectivity index (χ4v) is 5.54. The summed E-state index contributed by atoms with van der Waals surface area (Å²) in [6.45, 7) is 15.3. The van der Waals surface area contributed by atoms with Crippen LogP contribution in [0.15, 0.2) is 0 Å². The van der Waals surface area contributed by atoms with E-state index < -0.39 is 0 Å². The molecule has 0 aromatic carbocycles. The quantitative estimate of drug-likeness (QED) is 0.211. The number of unbranched alkanes of at least 4 members (excludes halogenated alkanes) is 9. The van der Waals surface area contributed by atoms with Gasteiger partial charge in [-0.15, -0.1) is 0 Å². The summed E-state index contributed by atoms with van der Waals surface area (Å²) in [5.41, 5.74) is 0.417. The van der Waals surface area contributed by atoms with Crippen LogP contribution >= 0.6 is 12.2 Å². The molecule has 0 aromatic rings. The third kappa shape index (κ3) is 10.8. The Labute approximate surface area is 195 Å². The minimum Gasteiger partial charge on any atom is -0.363 e. The topological polar surface area (TPSA) is 24.1 Å². The van der Waals surface area contributed by atoms with Gasteiger partial charge in [0.15, 0.2) is 5.11 Å². The number of hydrogen-bond acceptors (Lipinski definition) is 1. The van der Waals surface area contributed by atoms with Crippen molar-refractivity contribution in [2.24, 2.45) is 23.2 Å². The SMILES string of the molecule is CCCCCCCCCCCCNC(=S)NC1C(CC)CC(C(C)(C)C)CC1CC. The van der Waals surface area contributed by atoms with Gasteiger partial charge in [-0.05, 0) is 54.6 Å². The van der Waals surface area contributed by atoms with Gasteiger partial charge in [0, 0.05) is 12.6 Å². The first kappa shape index (κ1) is 27.7. The second-order valence-electron chi connectivity index (χ2n) is 11.0. The zero-order chi connectivity index (χ0) is 22.4. The van der Waals surface area contributed by atoms with Crippen molar-refractivity contribution in [2.75, 3.05) is 6.54 Å². The van der Waals surface area contributed by atoms with Crippen LogP contribution in [0.5, 0.6) is 0 Å². The monoisotopic (exact) mass is 438 g/mol. The fourth-order valence-electron chi connectivity index (χ4n) is 5.31. The van der Waals surface area contributed by atoms with E-state index >= 15 is 0 Å². The van der Waals surface area contributed by atoms with Gasteiger partial charge >= 0.3 is 0 Å². The Morgan fingerprint density at radius 1 is 0.767 bits per heavy atom. The van der Waals surface area contributed by atoms with Crippen molar-refractivity contribution in [3.63, 3.8) is 0 Å². The minimum atomic E-state index is 0.417. The van der Waals surface area contributed by atoms with Crippen molar-refractivity contribution in [3.05, 3.63) is 0 Å². The van der Waals surface area contributed by atoms with Gasteiger partial charge in [-0.2, -0.15) is 0 Å². The minimum absolute atomic E-state index is 0.417. The molecule has 0 heterocycles. The van der Waals surface area contributed by atoms with E-state index in [2.05, 4.69) is 52.2 Å². The Bertz CT molecular complexity index is 429. The van der Waals surface area contributed by atoms with Crippen molar-refractivity contribution >= 4 is 17.3 Å². The van der Waals surface area contributed by atoms with Gasteiger partial charge in [0.2, 0.25) is 0 Å². The number of rotatable bonds is 14. The number of thiocarbonyl (C=S) groups is 1. The Balaban J connectivity index is 2.23. The van der Waals surface area contributed by atoms with Crippen LogP contribution in [0.25, 0.3) is 0 Å². The van der Waals surface area contributed by atoms with Crippen LogP contribution in [0.2, 0.25) is 0 Å². The lowest BCUT2D eigenvalue weighted by Crippen LogP contribution is -2.53. The molecule has 30 heavy (non-hydrogen) atoms. The lowest BCUT2D eigenvalue weighted by Gasteiger charge is -2.46. The molecule has 0 aliphatic heterocycles. The Kier molecular flexibility index (Phi) is 14.3. The maximum atomic E-state index is 5.69. The maximum absolute atomic E-state index is 5.69. The van der Waals surface area contributed by atoms with Crippen molar-refractivity contribution in [3.8, 4) is 0 Å². The van der Waals surface area contributed by atoms with Gasteiger partial charge in [-0.3, -0.25) is 0 Å². The van der Waals surface area contributed by atoms with E-state index in [-0.39, 0.29) is 0 Å². The summed E-state index contributed by atoms with van der Waals surface area (Å²) in [7, 11) is 0. The van der Waals surface area contributed by atoms with E-state index in [1.54, 1.807) is 0 Å². The predicted molar refractivity (Wildman–Crippen MR) is 139 cm³/mol. The highest BCUT2D eigenvalue weighted by molar-refractivity contribution is 7.80. The van der Waals surface area contributed by atoms with Gasteiger partial charge < -0.3 is 10.6 Å². The van der Waals surface area contributed by atoms with Crippen LogP contribution in [-0.4, -0.2) is 17.7 Å². The summed E-state index contributed by atoms with van der Waals surface area (Å²) < 4.78 is 0. The molecule has 1 saturated carbocycles. The summed E-state index contributed by atoms with van der Waals surface area (Å²) in [5.74, 6) is 2.31. The van der Waals surface area contributed by atoms with E-state index in [1.807, 2.05) is 0 Å². The normalized spacial score (nSPS) is 24.6. The molecular weight excluding hydrogens is 384 g/mol. The molecule has 0 radical (unpaired) electrons. The summed E-state index contributed by atoms with van der Waals surface area (Å²) in [6.07, 6.45) is 19.0. The zero-order valence-corrected chi connectivity index (χ0v) is 22.1. The van der Waals surface area contributed by atoms with Crippen LogP contribution in [-0.2, 0) is 0 Å². The third-order valence-corrected chi connectivity index (χ3v) is 7.84. The molecular formula is C27H54N2S. The molecule has 0 amide bonds. The first-order valence-corrected chi connectivity index (χ1v) is 13.8. The first-order chi connectivity index (χ1) is 14.3. The Morgan fingerprint density at radius 3 is 1.67 bits per heavy atom. The average Bonchev–Trinajstić information content (AvgIpc) is 2.71. The van der Waals surface area contributed by atoms with Crippen LogP contribution < -0.4 is 10.6 Å². The third-order valence-electron chi connectivity index (χ3n) is 7.58. The summed E-state index contributed by atoms with van der Waals surface area (Å²) in [6, 6.07) is 0.548. The van der Waals surface area contributed by atoms with Gasteiger partial charge in [0.25, 0.3) is 0 Å². The standard InChI is InChI=1S/C27H54N2S/c1-7-10-11-12-13-14-15-16-17-18-19-28-26(30)29-25-22(8-2)20-24(27(4,5)6)21-23(25)9-3/h22-25H,7-21H2,1-6H3,(H2,28,29,30). The molecule has 1 aliphatic rings. The van der Waals surface area contributed by atoms with E-state index in [0.717, 1.165) is 29.4 Å². The molecule has 2 nitrogen and oxygen atoms in total. The van der Waals surface area contributed by atoms with Gasteiger partial charge in [0.1, 0.15) is 0 Å². The van der Waals surface area contributed by atoms with Crippen molar-refractivity contribution in [2.45, 2.75) is 137 Å². The smallest absolute Gasteiger partial charge is 0.166 e. The lowest BCUT2D eigenvalue weighted by atomic mass is 9.62. The van der Waals surface area contributed by atoms with Crippen molar-refractivity contribution < 1.29 is 0 Å². The Morgan fingerprint density at radius 2 is 1.23 bits per heavy atom. The van der Waals surface area contributed by atoms with Crippen LogP contribution in [0, 0.1) is 23.2 Å². The Hall–Kier alpha value is -0.310. The molecule has 1 aliphatic carbocycles. The van der Waals surface area contributed by atoms with E-state index in [0.29, 0.717) is 11.5 Å². The molecule has 1 rings (SSSR count). The maximum Gasteiger partial charge on any atom is 0.166 e. The molecule has 1 fully saturated rings. The van der Waals surface area contributed by atoms with Crippen molar-refractivity contribution in [1.82, 2.24) is 10.6 Å². The van der Waals surface area contributed by atoms with E-state index in [9.17, 15) is 0 Å². The molecule has 2 atom stereocenters. The summed E-state index contributed by atoms with van der Waals surface area (Å²) in [5, 5.41) is 8.15. The highest BCUT2D eigenvalue weighted by atomic mass is 32.1. The molecule has 2 unspecified atom stereocenters. The molecule has 2 N–H and O–H groups in total. The molecule has 178 valence electrons. The molecule has 0 saturated heterocycles. The fraction of sp³-hybridized carbons (Fsp3) is 0.963. The van der Waals surface area contributed by atoms with Gasteiger partial charge in [-0.1, -0.05) is 112 Å². The molecule has 0 aromatic heterocycles. The zero-order valence-electron chi connectivity index (χ0n) is 21.3. The highest BCUT2D eigenvalue weighted by Gasteiger charge is 2.40. The second-order valence-corrected chi connectivity index (χ2v) is 11.4. The van der Waals surface area contributed by atoms with Gasteiger partial charge in [-0.25, -0.2) is 0 Å². The predicted octanol–water partition coefficient (Wildman–Crippen LogP) is 8.25. The lowest BCUT2D eigenvalue weighted by molar-refractivity contribution is 0.0718. The number of hydrogen-bond donors (Lipinski definition) is 2. The highest BCUT2D eigenvalue weighted by Crippen LogP contribution is 2.44.